The van der Waals surface area contributed by atoms with Gasteiger partial charge in [-0.3, -0.25) is 0 Å². The first kappa shape index (κ1) is 20.8. The molecule has 0 radical (unpaired) electrons. The number of sulfonamides is 1. The van der Waals surface area contributed by atoms with Crippen molar-refractivity contribution in [3.05, 3.63) is 52.9 Å². The molecule has 0 bridgehead atoms. The zero-order chi connectivity index (χ0) is 20.5. The molecule has 2 aromatic rings. The van der Waals surface area contributed by atoms with Crippen LogP contribution in [0.4, 0.5) is 23.4 Å². The number of pyridine rings is 1. The summed E-state index contributed by atoms with van der Waals surface area (Å²) in [5, 5.41) is -0.148. The van der Waals surface area contributed by atoms with E-state index >= 15 is 0 Å². The molecule has 0 aliphatic carbocycles. The number of aromatic nitrogens is 1. The van der Waals surface area contributed by atoms with Gasteiger partial charge in [-0.05, 0) is 36.8 Å². The monoisotopic (exact) mass is 437 g/mol. The number of halogens is 5. The molecule has 28 heavy (non-hydrogen) atoms. The standard InChI is InChI=1S/C17H16ClF4N3O2S/c18-15-10-12(17(20,21)22)11-23-16(15)24-6-1-7-25(9-8-24)28(26,27)14-4-2-13(19)3-5-14/h2-5,10-11H,1,6-9H2. The fraction of sp³-hybridized carbons (Fsp3) is 0.353. The van der Waals surface area contributed by atoms with Crippen LogP contribution in [0.1, 0.15) is 12.0 Å². The molecule has 2 heterocycles. The minimum atomic E-state index is -4.55. The number of alkyl halides is 3. The van der Waals surface area contributed by atoms with Crippen molar-refractivity contribution in [3.63, 3.8) is 0 Å². The number of benzene rings is 1. The minimum Gasteiger partial charge on any atom is -0.354 e. The SMILES string of the molecule is O=S(=O)(c1ccc(F)cc1)N1CCCN(c2ncc(C(F)(F)F)cc2Cl)CC1. The van der Waals surface area contributed by atoms with E-state index in [0.29, 0.717) is 19.2 Å². The molecule has 1 aromatic carbocycles. The first-order valence-corrected chi connectivity index (χ1v) is 10.1. The highest BCUT2D eigenvalue weighted by atomic mass is 35.5. The summed E-state index contributed by atoms with van der Waals surface area (Å²) in [5.41, 5.74) is -0.948. The molecule has 0 N–H and O–H groups in total. The lowest BCUT2D eigenvalue weighted by Crippen LogP contribution is -2.35. The van der Waals surface area contributed by atoms with Crippen molar-refractivity contribution in [1.29, 1.82) is 0 Å². The highest BCUT2D eigenvalue weighted by Gasteiger charge is 2.33. The van der Waals surface area contributed by atoms with E-state index in [1.807, 2.05) is 0 Å². The number of anilines is 1. The summed E-state index contributed by atoms with van der Waals surface area (Å²) < 4.78 is 78.1. The molecular weight excluding hydrogens is 422 g/mol. The van der Waals surface area contributed by atoms with Gasteiger partial charge in [0.1, 0.15) is 11.6 Å². The summed E-state index contributed by atoms with van der Waals surface area (Å²) >= 11 is 5.99. The van der Waals surface area contributed by atoms with Crippen LogP contribution in [0.3, 0.4) is 0 Å². The van der Waals surface area contributed by atoms with Gasteiger partial charge in [0.15, 0.2) is 0 Å². The van der Waals surface area contributed by atoms with Crippen molar-refractivity contribution in [3.8, 4) is 0 Å². The van der Waals surface area contributed by atoms with Crippen molar-refractivity contribution in [2.24, 2.45) is 0 Å². The summed E-state index contributed by atoms with van der Waals surface area (Å²) in [4.78, 5) is 5.46. The molecule has 1 saturated heterocycles. The van der Waals surface area contributed by atoms with E-state index in [0.717, 1.165) is 18.2 Å². The zero-order valence-corrected chi connectivity index (χ0v) is 16.0. The molecule has 5 nitrogen and oxygen atoms in total. The first-order valence-electron chi connectivity index (χ1n) is 8.32. The van der Waals surface area contributed by atoms with Crippen molar-refractivity contribution in [1.82, 2.24) is 9.29 Å². The van der Waals surface area contributed by atoms with E-state index < -0.39 is 27.6 Å². The lowest BCUT2D eigenvalue weighted by molar-refractivity contribution is -0.137. The molecule has 0 spiro atoms. The molecule has 0 amide bonds. The zero-order valence-electron chi connectivity index (χ0n) is 14.5. The number of hydrogen-bond donors (Lipinski definition) is 0. The highest BCUT2D eigenvalue weighted by molar-refractivity contribution is 7.89. The summed E-state index contributed by atoms with van der Waals surface area (Å²) in [6.07, 6.45) is -3.41. The molecule has 0 atom stereocenters. The Morgan fingerprint density at radius 1 is 1.04 bits per heavy atom. The van der Waals surface area contributed by atoms with Gasteiger partial charge >= 0.3 is 6.18 Å². The number of rotatable bonds is 3. The van der Waals surface area contributed by atoms with Crippen LogP contribution < -0.4 is 4.90 Å². The second kappa shape index (κ2) is 7.84. The van der Waals surface area contributed by atoms with Gasteiger partial charge in [0.25, 0.3) is 0 Å². The van der Waals surface area contributed by atoms with Crippen LogP contribution in [0.15, 0.2) is 41.4 Å². The smallest absolute Gasteiger partial charge is 0.354 e. The average molecular weight is 438 g/mol. The maximum Gasteiger partial charge on any atom is 0.417 e. The van der Waals surface area contributed by atoms with Crippen LogP contribution in [0, 0.1) is 5.82 Å². The predicted octanol–water partition coefficient (Wildman–Crippen LogP) is 3.79. The molecule has 11 heteroatoms. The van der Waals surface area contributed by atoms with Crippen LogP contribution in [0.2, 0.25) is 5.02 Å². The van der Waals surface area contributed by atoms with Crippen LogP contribution in [-0.4, -0.2) is 43.9 Å². The van der Waals surface area contributed by atoms with E-state index in [4.69, 9.17) is 11.6 Å². The lowest BCUT2D eigenvalue weighted by Gasteiger charge is -2.24. The Bertz CT molecular complexity index is 952. The van der Waals surface area contributed by atoms with Crippen LogP contribution in [0.5, 0.6) is 0 Å². The maximum atomic E-state index is 13.1. The third-order valence-corrected chi connectivity index (χ3v) is 6.55. The van der Waals surface area contributed by atoms with Gasteiger partial charge in [-0.25, -0.2) is 17.8 Å². The molecule has 1 aliphatic heterocycles. The van der Waals surface area contributed by atoms with Gasteiger partial charge < -0.3 is 4.90 Å². The summed E-state index contributed by atoms with van der Waals surface area (Å²) in [7, 11) is -3.81. The molecule has 3 rings (SSSR count). The molecule has 1 fully saturated rings. The van der Waals surface area contributed by atoms with E-state index in [1.54, 1.807) is 4.90 Å². The molecule has 0 saturated carbocycles. The van der Waals surface area contributed by atoms with Gasteiger partial charge in [-0.15, -0.1) is 0 Å². The second-order valence-electron chi connectivity index (χ2n) is 6.23. The molecule has 1 aromatic heterocycles. The summed E-state index contributed by atoms with van der Waals surface area (Å²) in [5.74, 6) is -0.361. The molecular formula is C17H16ClF4N3O2S. The molecule has 0 unspecified atom stereocenters. The average Bonchev–Trinajstić information content (AvgIpc) is 2.88. The Hall–Kier alpha value is -1.91. The summed E-state index contributed by atoms with van der Waals surface area (Å²) in [6, 6.07) is 5.34. The third-order valence-electron chi connectivity index (χ3n) is 4.35. The topological polar surface area (TPSA) is 53.5 Å². The minimum absolute atomic E-state index is 0.0203. The van der Waals surface area contributed by atoms with Crippen molar-refractivity contribution < 1.29 is 26.0 Å². The van der Waals surface area contributed by atoms with Crippen LogP contribution in [0.25, 0.3) is 0 Å². The van der Waals surface area contributed by atoms with E-state index in [1.165, 1.54) is 16.4 Å². The highest BCUT2D eigenvalue weighted by Crippen LogP contribution is 2.34. The Labute approximate surface area is 164 Å². The predicted molar refractivity (Wildman–Crippen MR) is 96.2 cm³/mol. The maximum absolute atomic E-state index is 13.1. The quantitative estimate of drug-likeness (QED) is 0.685. The van der Waals surface area contributed by atoms with Gasteiger partial charge in [0.05, 0.1) is 15.5 Å². The van der Waals surface area contributed by atoms with Crippen molar-refractivity contribution >= 4 is 27.4 Å². The van der Waals surface area contributed by atoms with Crippen molar-refractivity contribution in [2.45, 2.75) is 17.5 Å². The van der Waals surface area contributed by atoms with Gasteiger partial charge in [-0.2, -0.15) is 17.5 Å². The Morgan fingerprint density at radius 3 is 2.32 bits per heavy atom. The fourth-order valence-electron chi connectivity index (χ4n) is 2.92. The normalized spacial score (nSPS) is 16.8. The van der Waals surface area contributed by atoms with E-state index in [-0.39, 0.29) is 35.4 Å². The largest absolute Gasteiger partial charge is 0.417 e. The van der Waals surface area contributed by atoms with Gasteiger partial charge in [-0.1, -0.05) is 11.6 Å². The molecule has 1 aliphatic rings. The molecule has 152 valence electrons. The van der Waals surface area contributed by atoms with E-state index in [9.17, 15) is 26.0 Å². The lowest BCUT2D eigenvalue weighted by atomic mass is 10.2. The van der Waals surface area contributed by atoms with Crippen LogP contribution in [-0.2, 0) is 16.2 Å². The second-order valence-corrected chi connectivity index (χ2v) is 8.57. The number of nitrogens with zero attached hydrogens (tertiary/aromatic N) is 3. The Balaban J connectivity index is 1.77. The summed E-state index contributed by atoms with van der Waals surface area (Å²) in [6.45, 7) is 0.902. The van der Waals surface area contributed by atoms with E-state index in [2.05, 4.69) is 4.98 Å². The van der Waals surface area contributed by atoms with Gasteiger partial charge in [0.2, 0.25) is 10.0 Å². The number of hydrogen-bond acceptors (Lipinski definition) is 4. The first-order chi connectivity index (χ1) is 13.1. The van der Waals surface area contributed by atoms with Gasteiger partial charge in [0, 0.05) is 32.4 Å². The van der Waals surface area contributed by atoms with Crippen LogP contribution >= 0.6 is 11.6 Å². The Kier molecular flexibility index (Phi) is 5.83. The fourth-order valence-corrected chi connectivity index (χ4v) is 4.68. The Morgan fingerprint density at radius 2 is 1.71 bits per heavy atom. The van der Waals surface area contributed by atoms with Crippen molar-refractivity contribution in [2.75, 3.05) is 31.1 Å². The third kappa shape index (κ3) is 4.39.